The Hall–Kier alpha value is -3.37. The predicted molar refractivity (Wildman–Crippen MR) is 123 cm³/mol. The number of nitrogens with zero attached hydrogens (tertiary/aromatic N) is 3. The van der Waals surface area contributed by atoms with Gasteiger partial charge in [-0.3, -0.25) is 4.98 Å². The minimum absolute atomic E-state index is 0.674. The van der Waals surface area contributed by atoms with Crippen molar-refractivity contribution < 1.29 is 4.74 Å². The molecule has 0 radical (unpaired) electrons. The Labute approximate surface area is 179 Å². The Balaban J connectivity index is 1.83. The molecule has 2 heterocycles. The number of aromatic nitrogens is 3. The van der Waals surface area contributed by atoms with E-state index < -0.39 is 0 Å². The highest BCUT2D eigenvalue weighted by atomic mass is 35.5. The summed E-state index contributed by atoms with van der Waals surface area (Å²) in [5.74, 6) is 0.806. The van der Waals surface area contributed by atoms with Crippen molar-refractivity contribution >= 4 is 33.4 Å². The van der Waals surface area contributed by atoms with Crippen molar-refractivity contribution in [3.8, 4) is 22.7 Å². The highest BCUT2D eigenvalue weighted by Crippen LogP contribution is 2.35. The molecule has 30 heavy (non-hydrogen) atoms. The molecule has 2 aromatic heterocycles. The molecule has 0 saturated heterocycles. The van der Waals surface area contributed by atoms with Crippen molar-refractivity contribution in [1.82, 2.24) is 14.8 Å². The zero-order valence-corrected chi connectivity index (χ0v) is 17.5. The second kappa shape index (κ2) is 7.47. The van der Waals surface area contributed by atoms with E-state index in [1.807, 2.05) is 53.3 Å². The quantitative estimate of drug-likeness (QED) is 0.339. The van der Waals surface area contributed by atoms with Crippen LogP contribution >= 0.6 is 11.6 Å². The van der Waals surface area contributed by atoms with E-state index in [9.17, 15) is 0 Å². The second-order valence-electron chi connectivity index (χ2n) is 7.19. The van der Waals surface area contributed by atoms with Crippen molar-refractivity contribution in [2.24, 2.45) is 0 Å². The van der Waals surface area contributed by atoms with Crippen LogP contribution < -0.4 is 4.74 Å². The summed E-state index contributed by atoms with van der Waals surface area (Å²) in [4.78, 5) is 4.67. The number of methoxy groups -OCH3 is 1. The van der Waals surface area contributed by atoms with E-state index in [0.717, 1.165) is 50.9 Å². The standard InChI is InChI=1S/C25H20ClN3O/c1-3-16-4-6-17(7-5-16)24-22-15-27-23-13-8-18(26)14-21(23)25(22)29(28-24)19-9-11-20(30-2)12-10-19/h4-15H,3H2,1-2H3. The summed E-state index contributed by atoms with van der Waals surface area (Å²) in [6, 6.07) is 22.2. The molecule has 0 fully saturated rings. The lowest BCUT2D eigenvalue weighted by Crippen LogP contribution is -1.97. The molecule has 5 heteroatoms. The molecule has 3 aromatic carbocycles. The fourth-order valence-electron chi connectivity index (χ4n) is 3.78. The van der Waals surface area contributed by atoms with Crippen LogP contribution in [0.2, 0.25) is 5.02 Å². The number of benzene rings is 3. The van der Waals surface area contributed by atoms with Gasteiger partial charge in [0.25, 0.3) is 0 Å². The number of ether oxygens (including phenoxy) is 1. The number of rotatable bonds is 4. The molecule has 0 spiro atoms. The van der Waals surface area contributed by atoms with E-state index in [1.54, 1.807) is 7.11 Å². The number of aryl methyl sites for hydroxylation is 1. The minimum atomic E-state index is 0.674. The van der Waals surface area contributed by atoms with Gasteiger partial charge in [0.05, 0.1) is 23.8 Å². The van der Waals surface area contributed by atoms with Crippen LogP contribution in [-0.2, 0) is 6.42 Å². The molecule has 0 bridgehead atoms. The molecule has 5 rings (SSSR count). The summed E-state index contributed by atoms with van der Waals surface area (Å²) >= 11 is 6.34. The molecule has 0 aliphatic rings. The molecule has 0 atom stereocenters. The first-order valence-electron chi connectivity index (χ1n) is 9.88. The Morgan fingerprint density at radius 3 is 2.40 bits per heavy atom. The van der Waals surface area contributed by atoms with Crippen LogP contribution in [0, 0.1) is 0 Å². The van der Waals surface area contributed by atoms with Crippen LogP contribution in [0.25, 0.3) is 38.8 Å². The van der Waals surface area contributed by atoms with Gasteiger partial charge >= 0.3 is 0 Å². The molecule has 5 aromatic rings. The highest BCUT2D eigenvalue weighted by molar-refractivity contribution is 6.31. The molecule has 148 valence electrons. The average Bonchev–Trinajstić information content (AvgIpc) is 3.19. The average molecular weight is 414 g/mol. The fraction of sp³-hybridized carbons (Fsp3) is 0.120. The van der Waals surface area contributed by atoms with Crippen LogP contribution in [0.5, 0.6) is 5.75 Å². The van der Waals surface area contributed by atoms with Gasteiger partial charge in [0.15, 0.2) is 0 Å². The smallest absolute Gasteiger partial charge is 0.119 e. The minimum Gasteiger partial charge on any atom is -0.497 e. The van der Waals surface area contributed by atoms with E-state index in [-0.39, 0.29) is 0 Å². The molecular weight excluding hydrogens is 394 g/mol. The van der Waals surface area contributed by atoms with Crippen molar-refractivity contribution in [3.05, 3.63) is 83.5 Å². The van der Waals surface area contributed by atoms with E-state index in [1.165, 1.54) is 5.56 Å². The summed E-state index contributed by atoms with van der Waals surface area (Å²) in [7, 11) is 1.66. The maximum Gasteiger partial charge on any atom is 0.119 e. The number of hydrogen-bond donors (Lipinski definition) is 0. The predicted octanol–water partition coefficient (Wildman–Crippen LogP) is 6.47. The first kappa shape index (κ1) is 18.6. The number of fused-ring (bicyclic) bond motifs is 3. The number of pyridine rings is 1. The SMILES string of the molecule is CCc1ccc(-c2nn(-c3ccc(OC)cc3)c3c2cnc2ccc(Cl)cc23)cc1. The van der Waals surface area contributed by atoms with Gasteiger partial charge in [0, 0.05) is 27.6 Å². The lowest BCUT2D eigenvalue weighted by Gasteiger charge is -2.07. The molecule has 4 nitrogen and oxygen atoms in total. The molecule has 0 N–H and O–H groups in total. The fourth-order valence-corrected chi connectivity index (χ4v) is 3.95. The van der Waals surface area contributed by atoms with Crippen molar-refractivity contribution in [2.75, 3.05) is 7.11 Å². The normalized spacial score (nSPS) is 11.3. The Bertz CT molecular complexity index is 1360. The Morgan fingerprint density at radius 1 is 0.933 bits per heavy atom. The molecule has 0 aliphatic carbocycles. The number of halogens is 1. The summed E-state index contributed by atoms with van der Waals surface area (Å²) in [5, 5.41) is 7.65. The van der Waals surface area contributed by atoms with Crippen molar-refractivity contribution in [1.29, 1.82) is 0 Å². The summed E-state index contributed by atoms with van der Waals surface area (Å²) in [6.07, 6.45) is 2.91. The van der Waals surface area contributed by atoms with Gasteiger partial charge in [0.1, 0.15) is 11.4 Å². The van der Waals surface area contributed by atoms with Crippen LogP contribution in [0.15, 0.2) is 72.9 Å². The third-order valence-corrected chi connectivity index (χ3v) is 5.66. The zero-order valence-electron chi connectivity index (χ0n) is 16.8. The molecule has 0 aliphatic heterocycles. The summed E-state index contributed by atoms with van der Waals surface area (Å²) in [5.41, 5.74) is 6.08. The van der Waals surface area contributed by atoms with Gasteiger partial charge in [-0.1, -0.05) is 42.8 Å². The van der Waals surface area contributed by atoms with E-state index in [0.29, 0.717) is 5.02 Å². The lowest BCUT2D eigenvalue weighted by molar-refractivity contribution is 0.414. The topological polar surface area (TPSA) is 39.9 Å². The highest BCUT2D eigenvalue weighted by Gasteiger charge is 2.17. The van der Waals surface area contributed by atoms with Crippen molar-refractivity contribution in [3.63, 3.8) is 0 Å². The maximum absolute atomic E-state index is 6.34. The van der Waals surface area contributed by atoms with Crippen LogP contribution in [0.4, 0.5) is 0 Å². The zero-order chi connectivity index (χ0) is 20.7. The first-order valence-corrected chi connectivity index (χ1v) is 10.3. The van der Waals surface area contributed by atoms with Gasteiger partial charge in [-0.15, -0.1) is 0 Å². The summed E-state index contributed by atoms with van der Waals surface area (Å²) < 4.78 is 7.29. The van der Waals surface area contributed by atoms with E-state index >= 15 is 0 Å². The van der Waals surface area contributed by atoms with Crippen LogP contribution in [-0.4, -0.2) is 21.9 Å². The second-order valence-corrected chi connectivity index (χ2v) is 7.63. The summed E-state index contributed by atoms with van der Waals surface area (Å²) in [6.45, 7) is 2.16. The third-order valence-electron chi connectivity index (χ3n) is 5.42. The van der Waals surface area contributed by atoms with Gasteiger partial charge in [0.2, 0.25) is 0 Å². The van der Waals surface area contributed by atoms with Gasteiger partial charge in [-0.2, -0.15) is 5.10 Å². The molecule has 0 unspecified atom stereocenters. The largest absolute Gasteiger partial charge is 0.497 e. The molecular formula is C25H20ClN3O. The maximum atomic E-state index is 6.34. The molecule has 0 amide bonds. The van der Waals surface area contributed by atoms with Gasteiger partial charge in [-0.25, -0.2) is 4.68 Å². The van der Waals surface area contributed by atoms with Crippen molar-refractivity contribution in [2.45, 2.75) is 13.3 Å². The first-order chi connectivity index (χ1) is 14.7. The number of hydrogen-bond acceptors (Lipinski definition) is 3. The Morgan fingerprint density at radius 2 is 1.70 bits per heavy atom. The van der Waals surface area contributed by atoms with Gasteiger partial charge in [-0.05, 0) is 54.4 Å². The van der Waals surface area contributed by atoms with Gasteiger partial charge < -0.3 is 4.74 Å². The molecule has 0 saturated carbocycles. The van der Waals surface area contributed by atoms with Crippen LogP contribution in [0.3, 0.4) is 0 Å². The monoisotopic (exact) mass is 413 g/mol. The third kappa shape index (κ3) is 3.10. The lowest BCUT2D eigenvalue weighted by atomic mass is 10.0. The van der Waals surface area contributed by atoms with E-state index in [2.05, 4.69) is 36.2 Å². The van der Waals surface area contributed by atoms with E-state index in [4.69, 9.17) is 21.4 Å². The van der Waals surface area contributed by atoms with Crippen LogP contribution in [0.1, 0.15) is 12.5 Å². The Kier molecular flexibility index (Phi) is 4.64.